The summed E-state index contributed by atoms with van der Waals surface area (Å²) in [5.41, 5.74) is 0.449. The van der Waals surface area contributed by atoms with Gasteiger partial charge in [-0.25, -0.2) is 26.3 Å². The molecule has 0 unspecified atom stereocenters. The maximum absolute atomic E-state index is 14.0. The molecule has 2 heterocycles. The van der Waals surface area contributed by atoms with Crippen molar-refractivity contribution >= 4 is 20.8 Å². The Kier molecular flexibility index (Phi) is 5.58. The zero-order chi connectivity index (χ0) is 22.3. The zero-order valence-corrected chi connectivity index (χ0v) is 17.4. The minimum absolute atomic E-state index is 0.00207. The van der Waals surface area contributed by atoms with Crippen LogP contribution in [0, 0.1) is 24.4 Å². The molecule has 0 radical (unpaired) electrons. The average Bonchev–Trinajstić information content (AvgIpc) is 2.76. The molecule has 0 spiro atoms. The number of piperazine rings is 1. The summed E-state index contributed by atoms with van der Waals surface area (Å²) in [6, 6.07) is 8.46. The molecular formula is C20H19F3N4O3S. The molecule has 164 valence electrons. The van der Waals surface area contributed by atoms with Crippen molar-refractivity contribution in [1.82, 2.24) is 19.0 Å². The molecule has 0 saturated carbocycles. The highest BCUT2D eigenvalue weighted by Crippen LogP contribution is 2.24. The fourth-order valence-electron chi connectivity index (χ4n) is 3.65. The highest BCUT2D eigenvalue weighted by atomic mass is 32.2. The van der Waals surface area contributed by atoms with Crippen LogP contribution in [0.2, 0.25) is 0 Å². The Hall–Kier alpha value is -2.76. The summed E-state index contributed by atoms with van der Waals surface area (Å²) in [7, 11) is -4.33. The lowest BCUT2D eigenvalue weighted by Gasteiger charge is -2.33. The number of hydrogen-bond acceptors (Lipinski definition) is 5. The highest BCUT2D eigenvalue weighted by Gasteiger charge is 2.32. The van der Waals surface area contributed by atoms with E-state index >= 15 is 0 Å². The van der Waals surface area contributed by atoms with Crippen molar-refractivity contribution in [2.75, 3.05) is 26.2 Å². The van der Waals surface area contributed by atoms with Crippen LogP contribution in [0.15, 0.2) is 46.1 Å². The Morgan fingerprint density at radius 3 is 2.26 bits per heavy atom. The van der Waals surface area contributed by atoms with E-state index in [2.05, 4.69) is 5.10 Å². The van der Waals surface area contributed by atoms with Gasteiger partial charge >= 0.3 is 0 Å². The normalized spacial score (nSPS) is 16.1. The van der Waals surface area contributed by atoms with Gasteiger partial charge in [-0.05, 0) is 25.1 Å². The van der Waals surface area contributed by atoms with Crippen molar-refractivity contribution in [1.29, 1.82) is 0 Å². The number of nitrogens with zero attached hydrogens (tertiary/aromatic N) is 4. The number of hydrogen-bond donors (Lipinski definition) is 0. The summed E-state index contributed by atoms with van der Waals surface area (Å²) in [4.78, 5) is 13.7. The lowest BCUT2D eigenvalue weighted by molar-refractivity contribution is 0.143. The highest BCUT2D eigenvalue weighted by molar-refractivity contribution is 7.89. The number of aryl methyl sites for hydroxylation is 1. The van der Waals surface area contributed by atoms with Gasteiger partial charge < -0.3 is 0 Å². The van der Waals surface area contributed by atoms with Gasteiger partial charge in [0.25, 0.3) is 5.56 Å². The molecule has 0 aliphatic carbocycles. The van der Waals surface area contributed by atoms with Crippen molar-refractivity contribution in [2.24, 2.45) is 0 Å². The first-order valence-electron chi connectivity index (χ1n) is 9.52. The van der Waals surface area contributed by atoms with Crippen LogP contribution in [0.5, 0.6) is 0 Å². The Morgan fingerprint density at radius 1 is 0.935 bits per heavy atom. The number of aromatic nitrogens is 2. The number of benzene rings is 2. The van der Waals surface area contributed by atoms with Crippen molar-refractivity contribution in [3.63, 3.8) is 0 Å². The number of fused-ring (bicyclic) bond motifs is 1. The van der Waals surface area contributed by atoms with Crippen LogP contribution >= 0.6 is 0 Å². The number of sulfonamides is 1. The Labute approximate surface area is 176 Å². The fraction of sp³-hybridized carbons (Fsp3) is 0.300. The van der Waals surface area contributed by atoms with Crippen LogP contribution in [0.1, 0.15) is 5.69 Å². The lowest BCUT2D eigenvalue weighted by Crippen LogP contribution is -2.50. The minimum atomic E-state index is -4.33. The third-order valence-electron chi connectivity index (χ3n) is 5.34. The topological polar surface area (TPSA) is 75.5 Å². The van der Waals surface area contributed by atoms with Crippen LogP contribution in [-0.4, -0.2) is 53.6 Å². The third kappa shape index (κ3) is 3.84. The van der Waals surface area contributed by atoms with Gasteiger partial charge in [-0.3, -0.25) is 9.69 Å². The average molecular weight is 452 g/mol. The number of rotatable bonds is 4. The summed E-state index contributed by atoms with van der Waals surface area (Å²) in [6.45, 7) is 2.48. The SMILES string of the molecule is Cc1nn(CN2CCN(S(=O)(=O)c3ccc(F)c(F)c3F)CC2)c(=O)c2ccccc12. The molecule has 0 bridgehead atoms. The second kappa shape index (κ2) is 8.06. The van der Waals surface area contributed by atoms with Crippen LogP contribution in [0.3, 0.4) is 0 Å². The zero-order valence-electron chi connectivity index (χ0n) is 16.6. The minimum Gasteiger partial charge on any atom is -0.282 e. The first kappa shape index (κ1) is 21.5. The van der Waals surface area contributed by atoms with Gasteiger partial charge in [0.2, 0.25) is 10.0 Å². The van der Waals surface area contributed by atoms with E-state index in [0.29, 0.717) is 17.1 Å². The Morgan fingerprint density at radius 2 is 1.58 bits per heavy atom. The summed E-state index contributed by atoms with van der Waals surface area (Å²) >= 11 is 0. The molecule has 0 atom stereocenters. The molecule has 2 aromatic carbocycles. The molecule has 31 heavy (non-hydrogen) atoms. The van der Waals surface area contributed by atoms with Gasteiger partial charge in [-0.2, -0.15) is 9.40 Å². The maximum atomic E-state index is 14.0. The Balaban J connectivity index is 1.51. The van der Waals surface area contributed by atoms with E-state index < -0.39 is 32.4 Å². The number of halogens is 3. The van der Waals surface area contributed by atoms with Crippen LogP contribution in [0.25, 0.3) is 10.8 Å². The summed E-state index contributed by atoms with van der Waals surface area (Å²) in [5.74, 6) is -5.01. The van der Waals surface area contributed by atoms with Crippen LogP contribution < -0.4 is 5.56 Å². The Bertz CT molecular complexity index is 1320. The molecule has 0 N–H and O–H groups in total. The van der Waals surface area contributed by atoms with E-state index in [0.717, 1.165) is 15.8 Å². The van der Waals surface area contributed by atoms with Crippen LogP contribution in [0.4, 0.5) is 13.2 Å². The fourth-order valence-corrected chi connectivity index (χ4v) is 5.13. The van der Waals surface area contributed by atoms with Gasteiger partial charge in [0, 0.05) is 31.6 Å². The molecule has 1 aliphatic rings. The molecule has 0 amide bonds. The van der Waals surface area contributed by atoms with E-state index in [4.69, 9.17) is 0 Å². The second-order valence-corrected chi connectivity index (χ2v) is 9.18. The first-order chi connectivity index (χ1) is 14.7. The molecule has 1 aliphatic heterocycles. The standard InChI is InChI=1S/C20H19F3N4O3S/c1-13-14-4-2-3-5-15(14)20(28)27(24-13)12-25-8-10-26(11-9-25)31(29,30)17-7-6-16(21)18(22)19(17)23/h2-7H,8-12H2,1H3. The van der Waals surface area contributed by atoms with Gasteiger partial charge in [-0.1, -0.05) is 18.2 Å². The molecule has 1 aromatic heterocycles. The lowest BCUT2D eigenvalue weighted by atomic mass is 10.1. The monoisotopic (exact) mass is 452 g/mol. The molecule has 11 heteroatoms. The smallest absolute Gasteiger partial charge is 0.275 e. The van der Waals surface area contributed by atoms with Gasteiger partial charge in [-0.15, -0.1) is 0 Å². The predicted octanol–water partition coefficient (Wildman–Crippen LogP) is 2.09. The molecule has 1 saturated heterocycles. The van der Waals surface area contributed by atoms with E-state index in [1.165, 1.54) is 4.68 Å². The van der Waals surface area contributed by atoms with Gasteiger partial charge in [0.1, 0.15) is 4.90 Å². The molecule has 3 aromatic rings. The molecular weight excluding hydrogens is 433 g/mol. The third-order valence-corrected chi connectivity index (χ3v) is 7.25. The van der Waals surface area contributed by atoms with Gasteiger partial charge in [0.15, 0.2) is 17.5 Å². The van der Waals surface area contributed by atoms with E-state index in [-0.39, 0.29) is 38.4 Å². The van der Waals surface area contributed by atoms with Crippen molar-refractivity contribution in [2.45, 2.75) is 18.5 Å². The van der Waals surface area contributed by atoms with E-state index in [1.54, 1.807) is 19.1 Å². The second-order valence-electron chi connectivity index (χ2n) is 7.27. The molecule has 7 nitrogen and oxygen atoms in total. The predicted molar refractivity (Wildman–Crippen MR) is 107 cm³/mol. The van der Waals surface area contributed by atoms with E-state index in [1.807, 2.05) is 17.0 Å². The quantitative estimate of drug-likeness (QED) is 0.567. The van der Waals surface area contributed by atoms with Crippen molar-refractivity contribution in [3.05, 3.63) is 69.9 Å². The maximum Gasteiger partial charge on any atom is 0.275 e. The molecule has 4 rings (SSSR count). The summed E-state index contributed by atoms with van der Waals surface area (Å²) in [5, 5.41) is 5.66. The summed E-state index contributed by atoms with van der Waals surface area (Å²) < 4.78 is 68.4. The summed E-state index contributed by atoms with van der Waals surface area (Å²) in [6.07, 6.45) is 0. The van der Waals surface area contributed by atoms with E-state index in [9.17, 15) is 26.4 Å². The first-order valence-corrected chi connectivity index (χ1v) is 11.0. The molecule has 1 fully saturated rings. The van der Waals surface area contributed by atoms with Crippen molar-refractivity contribution in [3.8, 4) is 0 Å². The van der Waals surface area contributed by atoms with Gasteiger partial charge in [0.05, 0.1) is 17.7 Å². The largest absolute Gasteiger partial charge is 0.282 e. The van der Waals surface area contributed by atoms with Crippen LogP contribution in [-0.2, 0) is 16.7 Å². The van der Waals surface area contributed by atoms with Crippen molar-refractivity contribution < 1.29 is 21.6 Å².